The van der Waals surface area contributed by atoms with Gasteiger partial charge in [-0.2, -0.15) is 5.10 Å². The molecule has 142 valence electrons. The molecule has 0 atom stereocenters. The molecular weight excluding hydrogens is 338 g/mol. The lowest BCUT2D eigenvalue weighted by molar-refractivity contribution is 0.416. The van der Waals surface area contributed by atoms with Crippen molar-refractivity contribution in [3.63, 3.8) is 0 Å². The SMILES string of the molecule is Cc1ccc(-c2nc(Nc3cc(C)[nH]n3)cc(N(C)CCN(C)C)n2)cc1. The number of likely N-dealkylation sites (N-methyl/N-ethyl adjacent to an activating group) is 2. The van der Waals surface area contributed by atoms with Crippen LogP contribution in [0.5, 0.6) is 0 Å². The van der Waals surface area contributed by atoms with Crippen molar-refractivity contribution in [2.45, 2.75) is 13.8 Å². The monoisotopic (exact) mass is 365 g/mol. The Morgan fingerprint density at radius 1 is 0.926 bits per heavy atom. The van der Waals surface area contributed by atoms with Crippen molar-refractivity contribution in [2.24, 2.45) is 0 Å². The predicted octanol–water partition coefficient (Wildman–Crippen LogP) is 3.22. The second kappa shape index (κ2) is 8.18. The van der Waals surface area contributed by atoms with Gasteiger partial charge in [-0.15, -0.1) is 0 Å². The van der Waals surface area contributed by atoms with E-state index in [9.17, 15) is 0 Å². The fourth-order valence-electron chi connectivity index (χ4n) is 2.60. The maximum absolute atomic E-state index is 4.79. The molecule has 0 unspecified atom stereocenters. The molecule has 0 radical (unpaired) electrons. The summed E-state index contributed by atoms with van der Waals surface area (Å²) < 4.78 is 0. The van der Waals surface area contributed by atoms with Crippen molar-refractivity contribution in [3.8, 4) is 11.4 Å². The summed E-state index contributed by atoms with van der Waals surface area (Å²) >= 11 is 0. The quantitative estimate of drug-likeness (QED) is 0.670. The highest BCUT2D eigenvalue weighted by atomic mass is 15.2. The van der Waals surface area contributed by atoms with Gasteiger partial charge >= 0.3 is 0 Å². The normalized spacial score (nSPS) is 11.0. The van der Waals surface area contributed by atoms with E-state index in [0.29, 0.717) is 5.82 Å². The zero-order valence-electron chi connectivity index (χ0n) is 16.6. The lowest BCUT2D eigenvalue weighted by atomic mass is 10.1. The van der Waals surface area contributed by atoms with Crippen LogP contribution in [0.15, 0.2) is 36.4 Å². The third-order valence-corrected chi connectivity index (χ3v) is 4.26. The van der Waals surface area contributed by atoms with Gasteiger partial charge in [0.05, 0.1) is 0 Å². The highest BCUT2D eigenvalue weighted by Gasteiger charge is 2.12. The van der Waals surface area contributed by atoms with Crippen LogP contribution in [0.3, 0.4) is 0 Å². The Morgan fingerprint density at radius 2 is 1.67 bits per heavy atom. The first-order chi connectivity index (χ1) is 12.9. The molecular formula is C20H27N7. The summed E-state index contributed by atoms with van der Waals surface area (Å²) in [6, 6.07) is 12.2. The number of rotatable bonds is 7. The van der Waals surface area contributed by atoms with E-state index in [1.165, 1.54) is 5.56 Å². The summed E-state index contributed by atoms with van der Waals surface area (Å²) in [5, 5.41) is 10.5. The first-order valence-corrected chi connectivity index (χ1v) is 9.02. The van der Waals surface area contributed by atoms with Crippen molar-refractivity contribution in [3.05, 3.63) is 47.7 Å². The molecule has 7 nitrogen and oxygen atoms in total. The average molecular weight is 365 g/mol. The first kappa shape index (κ1) is 18.8. The topological polar surface area (TPSA) is 73.0 Å². The molecule has 0 saturated heterocycles. The number of nitrogens with one attached hydrogen (secondary N) is 2. The highest BCUT2D eigenvalue weighted by Crippen LogP contribution is 2.24. The first-order valence-electron chi connectivity index (χ1n) is 9.02. The number of aromatic nitrogens is 4. The maximum Gasteiger partial charge on any atom is 0.163 e. The second-order valence-corrected chi connectivity index (χ2v) is 7.09. The van der Waals surface area contributed by atoms with Gasteiger partial charge < -0.3 is 15.1 Å². The standard InChI is InChI=1S/C20H27N7/c1-14-6-8-16(9-7-14)20-22-17(21-18-12-15(2)24-25-18)13-19(23-20)27(5)11-10-26(3)4/h6-9,12-13H,10-11H2,1-5H3,(H2,21,22,23,24,25). The summed E-state index contributed by atoms with van der Waals surface area (Å²) in [6.45, 7) is 5.86. The molecule has 2 aromatic heterocycles. The molecule has 0 fully saturated rings. The van der Waals surface area contributed by atoms with Gasteiger partial charge in [0.2, 0.25) is 0 Å². The minimum Gasteiger partial charge on any atom is -0.358 e. The van der Waals surface area contributed by atoms with Crippen LogP contribution in [0.2, 0.25) is 0 Å². The van der Waals surface area contributed by atoms with Crippen LogP contribution in [0.25, 0.3) is 11.4 Å². The maximum atomic E-state index is 4.79. The number of anilines is 3. The predicted molar refractivity (Wildman–Crippen MR) is 111 cm³/mol. The molecule has 0 aliphatic carbocycles. The summed E-state index contributed by atoms with van der Waals surface area (Å²) in [7, 11) is 6.18. The van der Waals surface area contributed by atoms with E-state index in [0.717, 1.165) is 41.8 Å². The van der Waals surface area contributed by atoms with E-state index in [4.69, 9.17) is 9.97 Å². The van der Waals surface area contributed by atoms with Crippen LogP contribution >= 0.6 is 0 Å². The van der Waals surface area contributed by atoms with Gasteiger partial charge in [-0.25, -0.2) is 9.97 Å². The molecule has 0 spiro atoms. The Hall–Kier alpha value is -2.93. The number of aromatic amines is 1. The third-order valence-electron chi connectivity index (χ3n) is 4.26. The van der Waals surface area contributed by atoms with Crippen molar-refractivity contribution in [2.75, 3.05) is 44.4 Å². The number of benzene rings is 1. The van der Waals surface area contributed by atoms with Crippen LogP contribution in [0.1, 0.15) is 11.3 Å². The van der Waals surface area contributed by atoms with Crippen LogP contribution in [-0.4, -0.2) is 59.3 Å². The number of nitrogens with zero attached hydrogens (tertiary/aromatic N) is 5. The van der Waals surface area contributed by atoms with Gasteiger partial charge in [0.25, 0.3) is 0 Å². The molecule has 3 aromatic rings. The largest absolute Gasteiger partial charge is 0.358 e. The number of aryl methyl sites for hydroxylation is 2. The molecule has 0 aliphatic rings. The summed E-state index contributed by atoms with van der Waals surface area (Å²) in [4.78, 5) is 13.8. The number of hydrogen-bond acceptors (Lipinski definition) is 6. The van der Waals surface area contributed by atoms with Gasteiger partial charge in [-0.05, 0) is 27.9 Å². The summed E-state index contributed by atoms with van der Waals surface area (Å²) in [5.74, 6) is 3.03. The molecule has 27 heavy (non-hydrogen) atoms. The smallest absolute Gasteiger partial charge is 0.163 e. The van der Waals surface area contributed by atoms with E-state index in [2.05, 4.69) is 70.6 Å². The highest BCUT2D eigenvalue weighted by molar-refractivity contribution is 5.64. The van der Waals surface area contributed by atoms with Crippen LogP contribution in [-0.2, 0) is 0 Å². The number of hydrogen-bond donors (Lipinski definition) is 2. The van der Waals surface area contributed by atoms with Crippen molar-refractivity contribution < 1.29 is 0 Å². The van der Waals surface area contributed by atoms with E-state index in [-0.39, 0.29) is 0 Å². The van der Waals surface area contributed by atoms with Gasteiger partial charge in [0.1, 0.15) is 11.6 Å². The van der Waals surface area contributed by atoms with E-state index in [1.807, 2.05) is 26.1 Å². The Labute approximate surface area is 160 Å². The average Bonchev–Trinajstić information content (AvgIpc) is 3.04. The van der Waals surface area contributed by atoms with Gasteiger partial charge in [0.15, 0.2) is 11.6 Å². The van der Waals surface area contributed by atoms with Crippen LogP contribution in [0, 0.1) is 13.8 Å². The molecule has 1 aromatic carbocycles. The number of H-pyrrole nitrogens is 1. The Morgan fingerprint density at radius 3 is 2.30 bits per heavy atom. The molecule has 2 N–H and O–H groups in total. The third kappa shape index (κ3) is 5.04. The zero-order valence-corrected chi connectivity index (χ0v) is 16.6. The van der Waals surface area contributed by atoms with Crippen molar-refractivity contribution >= 4 is 17.5 Å². The molecule has 0 saturated carbocycles. The lowest BCUT2D eigenvalue weighted by Crippen LogP contribution is -2.29. The molecule has 7 heteroatoms. The van der Waals surface area contributed by atoms with Gasteiger partial charge in [0, 0.05) is 43.5 Å². The van der Waals surface area contributed by atoms with E-state index < -0.39 is 0 Å². The van der Waals surface area contributed by atoms with E-state index in [1.54, 1.807) is 0 Å². The Kier molecular flexibility index (Phi) is 5.71. The van der Waals surface area contributed by atoms with Crippen molar-refractivity contribution in [1.82, 2.24) is 25.1 Å². The Balaban J connectivity index is 1.94. The molecule has 0 bridgehead atoms. The minimum absolute atomic E-state index is 0.693. The summed E-state index contributed by atoms with van der Waals surface area (Å²) in [6.07, 6.45) is 0. The fourth-order valence-corrected chi connectivity index (χ4v) is 2.60. The van der Waals surface area contributed by atoms with Crippen LogP contribution < -0.4 is 10.2 Å². The van der Waals surface area contributed by atoms with Crippen molar-refractivity contribution in [1.29, 1.82) is 0 Å². The van der Waals surface area contributed by atoms with Gasteiger partial charge in [-0.3, -0.25) is 5.10 Å². The minimum atomic E-state index is 0.693. The van der Waals surface area contributed by atoms with Gasteiger partial charge in [-0.1, -0.05) is 29.8 Å². The molecule has 0 aliphatic heterocycles. The molecule has 2 heterocycles. The Bertz CT molecular complexity index is 884. The molecule has 3 rings (SSSR count). The summed E-state index contributed by atoms with van der Waals surface area (Å²) in [5.41, 5.74) is 3.20. The lowest BCUT2D eigenvalue weighted by Gasteiger charge is -2.21. The zero-order chi connectivity index (χ0) is 19.4. The van der Waals surface area contributed by atoms with Crippen LogP contribution in [0.4, 0.5) is 17.5 Å². The molecule has 0 amide bonds. The fraction of sp³-hybridized carbons (Fsp3) is 0.350. The second-order valence-electron chi connectivity index (χ2n) is 7.09. The van der Waals surface area contributed by atoms with E-state index >= 15 is 0 Å².